The van der Waals surface area contributed by atoms with E-state index in [4.69, 9.17) is 12.2 Å². The molecule has 0 radical (unpaired) electrons. The number of nitrogens with one attached hydrogen (secondary N) is 1. The second-order valence-corrected chi connectivity index (χ2v) is 16.2. The monoisotopic (exact) mass is 703 g/mol. The first kappa shape index (κ1) is 36.2. The van der Waals surface area contributed by atoms with Gasteiger partial charge in [-0.3, -0.25) is 14.5 Å². The largest absolute Gasteiger partial charge is 0.480 e. The van der Waals surface area contributed by atoms with Gasteiger partial charge in [-0.25, -0.2) is 13.2 Å². The predicted octanol–water partition coefficient (Wildman–Crippen LogP) is 5.88. The van der Waals surface area contributed by atoms with Gasteiger partial charge in [0.15, 0.2) is 0 Å². The molecule has 2 N–H and O–H groups in total. The Morgan fingerprint density at radius 2 is 1.63 bits per heavy atom. The average molecular weight is 704 g/mol. The highest BCUT2D eigenvalue weighted by molar-refractivity contribution is 7.91. The molecule has 2 unspecified atom stereocenters. The number of thiocarbonyl (C=S) groups is 1. The van der Waals surface area contributed by atoms with E-state index in [1.54, 1.807) is 34.1 Å². The van der Waals surface area contributed by atoms with Crippen LogP contribution >= 0.6 is 12.2 Å². The molecule has 2 fully saturated rings. The zero-order valence-electron chi connectivity index (χ0n) is 28.2. The average Bonchev–Trinajstić information content (AvgIpc) is 3.65. The fourth-order valence-electron chi connectivity index (χ4n) is 7.36. The summed E-state index contributed by atoms with van der Waals surface area (Å²) in [6.07, 6.45) is 5.10. The minimum Gasteiger partial charge on any atom is -0.480 e. The van der Waals surface area contributed by atoms with Crippen LogP contribution in [0.15, 0.2) is 84.9 Å². The molecule has 1 aliphatic heterocycles. The van der Waals surface area contributed by atoms with E-state index in [1.165, 1.54) is 13.2 Å². The van der Waals surface area contributed by atoms with Crippen LogP contribution in [-0.2, 0) is 37.1 Å². The Bertz CT molecular complexity index is 1770. The van der Waals surface area contributed by atoms with Gasteiger partial charge < -0.3 is 15.3 Å². The standard InChI is InChI=1S/C38H45N3O6S2/c1-4-5-21-38(22-20-31(25-38)49(3,46)47)37(48)39-32(36(44)45)23-28-16-18-30(19-17-28)41-34(29-14-10-7-11-15-29)40(26(2)42)33(35(41)43)24-27-12-8-6-9-13-27/h6-19,31-34H,4-5,20-25H2,1-3H3,(H,39,48)(H,44,45)/t31?,32-,33+,34-,38?/m0/s1. The van der Waals surface area contributed by atoms with Crippen LogP contribution < -0.4 is 10.2 Å². The summed E-state index contributed by atoms with van der Waals surface area (Å²) in [6, 6.07) is 24.5. The molecule has 9 nitrogen and oxygen atoms in total. The van der Waals surface area contributed by atoms with E-state index in [-0.39, 0.29) is 18.2 Å². The zero-order valence-corrected chi connectivity index (χ0v) is 29.9. The van der Waals surface area contributed by atoms with Crippen LogP contribution in [-0.4, -0.2) is 64.8 Å². The molecule has 49 heavy (non-hydrogen) atoms. The van der Waals surface area contributed by atoms with Gasteiger partial charge in [-0.15, -0.1) is 0 Å². The van der Waals surface area contributed by atoms with Crippen molar-refractivity contribution < 1.29 is 27.9 Å². The second-order valence-electron chi connectivity index (χ2n) is 13.4. The SMILES string of the molecule is CCCCC1(C(=S)N[C@@H](Cc2ccc(N3C(=O)[C@@H](Cc4ccccc4)N(C(C)=O)[C@@H]3c3ccccc3)cc2)C(=O)O)CCC(S(C)(=O)=O)C1. The molecule has 1 heterocycles. The van der Waals surface area contributed by atoms with Gasteiger partial charge in [-0.2, -0.15) is 0 Å². The number of sulfone groups is 1. The van der Waals surface area contributed by atoms with Crippen molar-refractivity contribution >= 4 is 50.5 Å². The molecule has 2 aliphatic rings. The molecular weight excluding hydrogens is 659 g/mol. The Morgan fingerprint density at radius 3 is 2.18 bits per heavy atom. The number of hydrogen-bond donors (Lipinski definition) is 2. The van der Waals surface area contributed by atoms with Crippen molar-refractivity contribution in [3.63, 3.8) is 0 Å². The number of rotatable bonds is 13. The predicted molar refractivity (Wildman–Crippen MR) is 195 cm³/mol. The smallest absolute Gasteiger partial charge is 0.326 e. The molecular formula is C38H45N3O6S2. The number of carboxylic acid groups (broad SMARTS) is 1. The van der Waals surface area contributed by atoms with Crippen molar-refractivity contribution in [2.24, 2.45) is 5.41 Å². The van der Waals surface area contributed by atoms with Gasteiger partial charge in [-0.1, -0.05) is 105 Å². The molecule has 3 aromatic rings. The van der Waals surface area contributed by atoms with E-state index in [2.05, 4.69) is 12.2 Å². The molecule has 1 saturated heterocycles. The minimum atomic E-state index is -3.24. The Balaban J connectivity index is 1.39. The molecule has 260 valence electrons. The maximum atomic E-state index is 14.2. The van der Waals surface area contributed by atoms with Crippen LogP contribution in [0, 0.1) is 5.41 Å². The summed E-state index contributed by atoms with van der Waals surface area (Å²) in [5.41, 5.74) is 2.51. The summed E-state index contributed by atoms with van der Waals surface area (Å²) in [4.78, 5) is 43.6. The Labute approximate surface area is 294 Å². The third kappa shape index (κ3) is 8.05. The first-order valence-electron chi connectivity index (χ1n) is 16.9. The van der Waals surface area contributed by atoms with Crippen LogP contribution in [0.1, 0.15) is 75.2 Å². The van der Waals surface area contributed by atoms with E-state index in [1.807, 2.05) is 60.7 Å². The normalized spacial score (nSPS) is 23.0. The zero-order chi connectivity index (χ0) is 35.3. The number of carbonyl (C=O) groups excluding carboxylic acids is 2. The van der Waals surface area contributed by atoms with Crippen LogP contribution in [0.2, 0.25) is 0 Å². The van der Waals surface area contributed by atoms with E-state index in [9.17, 15) is 27.9 Å². The third-order valence-corrected chi connectivity index (χ3v) is 12.2. The summed E-state index contributed by atoms with van der Waals surface area (Å²) >= 11 is 5.84. The Morgan fingerprint density at radius 1 is 1.00 bits per heavy atom. The molecule has 0 aromatic heterocycles. The Kier molecular flexibility index (Phi) is 11.2. The van der Waals surface area contributed by atoms with Crippen LogP contribution in [0.4, 0.5) is 5.69 Å². The van der Waals surface area contributed by atoms with Crippen LogP contribution in [0.5, 0.6) is 0 Å². The number of aliphatic carboxylic acids is 1. The molecule has 3 aromatic carbocycles. The van der Waals surface area contributed by atoms with Crippen LogP contribution in [0.3, 0.4) is 0 Å². The van der Waals surface area contributed by atoms with E-state index >= 15 is 0 Å². The molecule has 1 aliphatic carbocycles. The maximum Gasteiger partial charge on any atom is 0.326 e. The lowest BCUT2D eigenvalue weighted by Crippen LogP contribution is -2.48. The van der Waals surface area contributed by atoms with Gasteiger partial charge in [0, 0.05) is 37.1 Å². The number of anilines is 1. The molecule has 0 bridgehead atoms. The Hall–Kier alpha value is -4.09. The van der Waals surface area contributed by atoms with Crippen molar-refractivity contribution in [1.29, 1.82) is 0 Å². The van der Waals surface area contributed by atoms with Crippen molar-refractivity contribution in [1.82, 2.24) is 10.2 Å². The highest BCUT2D eigenvalue weighted by atomic mass is 32.2. The summed E-state index contributed by atoms with van der Waals surface area (Å²) in [5.74, 6) is -1.47. The van der Waals surface area contributed by atoms with Crippen molar-refractivity contribution in [2.75, 3.05) is 11.2 Å². The first-order chi connectivity index (χ1) is 23.3. The van der Waals surface area contributed by atoms with Crippen LogP contribution in [0.25, 0.3) is 0 Å². The minimum absolute atomic E-state index is 0.126. The first-order valence-corrected chi connectivity index (χ1v) is 19.2. The highest BCUT2D eigenvalue weighted by Crippen LogP contribution is 2.46. The van der Waals surface area contributed by atoms with E-state index < -0.39 is 44.7 Å². The number of hydrogen-bond acceptors (Lipinski definition) is 6. The maximum absolute atomic E-state index is 14.2. The number of carbonyl (C=O) groups is 3. The van der Waals surface area contributed by atoms with Gasteiger partial charge >= 0.3 is 5.97 Å². The molecule has 5 atom stereocenters. The number of nitrogens with zero attached hydrogens (tertiary/aromatic N) is 2. The van der Waals surface area contributed by atoms with Gasteiger partial charge in [0.25, 0.3) is 5.91 Å². The van der Waals surface area contributed by atoms with Crippen molar-refractivity contribution in [3.8, 4) is 0 Å². The quantitative estimate of drug-likeness (QED) is 0.212. The topological polar surface area (TPSA) is 124 Å². The summed E-state index contributed by atoms with van der Waals surface area (Å²) in [5, 5.41) is 12.8. The van der Waals surface area contributed by atoms with E-state index in [0.717, 1.165) is 29.5 Å². The molecule has 11 heteroatoms. The second kappa shape index (κ2) is 15.2. The van der Waals surface area contributed by atoms with Gasteiger partial charge in [-0.05, 0) is 54.5 Å². The summed E-state index contributed by atoms with van der Waals surface area (Å²) < 4.78 is 24.8. The highest BCUT2D eigenvalue weighted by Gasteiger charge is 2.49. The lowest BCUT2D eigenvalue weighted by Gasteiger charge is -2.33. The lowest BCUT2D eigenvalue weighted by molar-refractivity contribution is -0.139. The van der Waals surface area contributed by atoms with Crippen molar-refractivity contribution in [2.45, 2.75) is 88.7 Å². The number of unbranched alkanes of at least 4 members (excludes halogenated alkanes) is 1. The fourth-order valence-corrected chi connectivity index (χ4v) is 8.95. The summed E-state index contributed by atoms with van der Waals surface area (Å²) in [6.45, 7) is 3.55. The van der Waals surface area contributed by atoms with Crippen molar-refractivity contribution in [3.05, 3.63) is 102 Å². The number of carboxylic acids is 1. The number of benzene rings is 3. The van der Waals surface area contributed by atoms with Gasteiger partial charge in [0.1, 0.15) is 28.1 Å². The number of amides is 2. The van der Waals surface area contributed by atoms with E-state index in [0.29, 0.717) is 42.8 Å². The molecule has 0 spiro atoms. The lowest BCUT2D eigenvalue weighted by atomic mass is 9.80. The van der Waals surface area contributed by atoms with Gasteiger partial charge in [0.2, 0.25) is 5.91 Å². The van der Waals surface area contributed by atoms with Gasteiger partial charge in [0.05, 0.1) is 10.2 Å². The molecule has 2 amide bonds. The molecule has 5 rings (SSSR count). The fraction of sp³-hybridized carbons (Fsp3) is 0.421. The molecule has 1 saturated carbocycles. The summed E-state index contributed by atoms with van der Waals surface area (Å²) in [7, 11) is -3.24. The third-order valence-electron chi connectivity index (χ3n) is 10.0.